The minimum Gasteiger partial charge on any atom is -0.342 e. The summed E-state index contributed by atoms with van der Waals surface area (Å²) in [5.41, 5.74) is 3.24. The van der Waals surface area contributed by atoms with E-state index in [1.807, 2.05) is 39.8 Å². The average Bonchev–Trinajstić information content (AvgIpc) is 3.29. The van der Waals surface area contributed by atoms with E-state index in [9.17, 15) is 9.59 Å². The van der Waals surface area contributed by atoms with Crippen molar-refractivity contribution in [2.24, 2.45) is 0 Å². The van der Waals surface area contributed by atoms with Crippen LogP contribution in [0.2, 0.25) is 0 Å². The number of nitrogens with zero attached hydrogens (tertiary/aromatic N) is 4. The maximum absolute atomic E-state index is 13.5. The Labute approximate surface area is 197 Å². The van der Waals surface area contributed by atoms with Crippen LogP contribution >= 0.6 is 0 Å². The lowest BCUT2D eigenvalue weighted by Gasteiger charge is -2.32. The van der Waals surface area contributed by atoms with Gasteiger partial charge in [-0.05, 0) is 56.0 Å². The minimum atomic E-state index is -0.00337. The van der Waals surface area contributed by atoms with Gasteiger partial charge in [-0.25, -0.2) is 9.97 Å². The van der Waals surface area contributed by atoms with Crippen LogP contribution in [0.15, 0.2) is 47.3 Å². The van der Waals surface area contributed by atoms with Gasteiger partial charge in [-0.1, -0.05) is 25.0 Å². The van der Waals surface area contributed by atoms with Crippen LogP contribution in [0.5, 0.6) is 0 Å². The number of aromatic nitrogens is 4. The van der Waals surface area contributed by atoms with Crippen molar-refractivity contribution >= 4 is 27.8 Å². The Kier molecular flexibility index (Phi) is 5.40. The number of aryl methyl sites for hydroxylation is 1. The van der Waals surface area contributed by atoms with E-state index in [0.717, 1.165) is 74.3 Å². The van der Waals surface area contributed by atoms with Gasteiger partial charge in [-0.15, -0.1) is 0 Å². The number of fused-ring (bicyclic) bond motifs is 3. The van der Waals surface area contributed by atoms with Crippen molar-refractivity contribution in [2.45, 2.75) is 57.4 Å². The predicted molar refractivity (Wildman–Crippen MR) is 132 cm³/mol. The van der Waals surface area contributed by atoms with Crippen LogP contribution in [0.4, 0.5) is 0 Å². The molecule has 2 aromatic carbocycles. The molecule has 0 aliphatic carbocycles. The number of hydrogen-bond acceptors (Lipinski definition) is 4. The molecule has 2 aromatic heterocycles. The van der Waals surface area contributed by atoms with Crippen LogP contribution in [-0.4, -0.2) is 43.4 Å². The number of piperidine rings is 1. The van der Waals surface area contributed by atoms with Crippen molar-refractivity contribution < 1.29 is 4.79 Å². The zero-order valence-electron chi connectivity index (χ0n) is 19.3. The third-order valence-corrected chi connectivity index (χ3v) is 7.32. The van der Waals surface area contributed by atoms with Gasteiger partial charge in [0.1, 0.15) is 11.6 Å². The predicted octanol–water partition coefficient (Wildman–Crippen LogP) is 4.41. The number of benzene rings is 2. The van der Waals surface area contributed by atoms with Crippen LogP contribution < -0.4 is 5.56 Å². The van der Waals surface area contributed by atoms with E-state index in [-0.39, 0.29) is 17.4 Å². The van der Waals surface area contributed by atoms with Gasteiger partial charge in [0.15, 0.2) is 0 Å². The Balaban J connectivity index is 1.28. The van der Waals surface area contributed by atoms with Crippen LogP contribution in [0.25, 0.3) is 21.9 Å². The number of aromatic amines is 1. The van der Waals surface area contributed by atoms with Crippen molar-refractivity contribution in [1.29, 1.82) is 0 Å². The average molecular weight is 456 g/mol. The number of hydrogen-bond donors (Lipinski definition) is 1. The van der Waals surface area contributed by atoms with Crippen molar-refractivity contribution in [2.75, 3.05) is 13.1 Å². The molecule has 2 aliphatic rings. The second-order valence-electron chi connectivity index (χ2n) is 9.61. The highest BCUT2D eigenvalue weighted by Gasteiger charge is 2.28. The van der Waals surface area contributed by atoms with Gasteiger partial charge in [0, 0.05) is 37.5 Å². The molecule has 0 spiro atoms. The molecule has 7 nitrogen and oxygen atoms in total. The lowest BCUT2D eigenvalue weighted by molar-refractivity contribution is 0.0705. The fourth-order valence-corrected chi connectivity index (χ4v) is 5.46. The Morgan fingerprint density at radius 1 is 0.941 bits per heavy atom. The molecule has 0 radical (unpaired) electrons. The first-order valence-corrected chi connectivity index (χ1v) is 12.4. The number of H-pyrrole nitrogens is 1. The quantitative estimate of drug-likeness (QED) is 0.485. The fourth-order valence-electron chi connectivity index (χ4n) is 5.46. The number of carbonyl (C=O) groups excluding carboxylic acids is 1. The summed E-state index contributed by atoms with van der Waals surface area (Å²) < 4.78 is 1.84. The summed E-state index contributed by atoms with van der Waals surface area (Å²) in [7, 11) is 0. The second kappa shape index (κ2) is 8.70. The summed E-state index contributed by atoms with van der Waals surface area (Å²) in [5.74, 6) is 1.99. The number of rotatable bonds is 2. The van der Waals surface area contributed by atoms with E-state index in [1.165, 1.54) is 6.42 Å². The van der Waals surface area contributed by atoms with E-state index >= 15 is 0 Å². The number of nitrogens with one attached hydrogen (secondary N) is 1. The number of carbonyl (C=O) groups is 1. The minimum absolute atomic E-state index is 0.00337. The first kappa shape index (κ1) is 21.1. The van der Waals surface area contributed by atoms with Crippen molar-refractivity contribution in [3.05, 3.63) is 70.0 Å². The lowest BCUT2D eigenvalue weighted by Crippen LogP contribution is -2.39. The molecular weight excluding hydrogens is 426 g/mol. The molecule has 1 atom stereocenters. The van der Waals surface area contributed by atoms with Gasteiger partial charge >= 0.3 is 0 Å². The zero-order valence-corrected chi connectivity index (χ0v) is 19.3. The van der Waals surface area contributed by atoms with E-state index in [0.29, 0.717) is 23.0 Å². The summed E-state index contributed by atoms with van der Waals surface area (Å²) in [6.07, 6.45) is 7.15. The third kappa shape index (κ3) is 3.79. The molecule has 4 heterocycles. The van der Waals surface area contributed by atoms with E-state index in [4.69, 9.17) is 9.97 Å². The van der Waals surface area contributed by atoms with Crippen molar-refractivity contribution in [3.63, 3.8) is 0 Å². The number of likely N-dealkylation sites (tertiary alicyclic amines) is 1. The smallest absolute Gasteiger partial charge is 0.261 e. The van der Waals surface area contributed by atoms with Crippen LogP contribution in [0.1, 0.15) is 66.4 Å². The summed E-state index contributed by atoms with van der Waals surface area (Å²) in [5, 5.41) is 0.597. The summed E-state index contributed by atoms with van der Waals surface area (Å²) in [6.45, 7) is 2.10. The molecule has 1 saturated heterocycles. The number of amides is 1. The van der Waals surface area contributed by atoms with E-state index < -0.39 is 0 Å². The Morgan fingerprint density at radius 2 is 1.82 bits per heavy atom. The number of imidazole rings is 1. The van der Waals surface area contributed by atoms with Crippen molar-refractivity contribution in [1.82, 2.24) is 24.4 Å². The lowest BCUT2D eigenvalue weighted by atomic mass is 9.96. The largest absolute Gasteiger partial charge is 0.342 e. The highest BCUT2D eigenvalue weighted by atomic mass is 16.2. The summed E-state index contributed by atoms with van der Waals surface area (Å²) in [6, 6.07) is 13.4. The van der Waals surface area contributed by atoms with Gasteiger partial charge in [-0.2, -0.15) is 0 Å². The highest BCUT2D eigenvalue weighted by molar-refractivity contribution is 5.97. The molecule has 2 aliphatic heterocycles. The van der Waals surface area contributed by atoms with Gasteiger partial charge in [-0.3, -0.25) is 14.2 Å². The second-order valence-corrected chi connectivity index (χ2v) is 9.61. The molecule has 174 valence electrons. The standard InChI is InChI=1S/C27H29N5O2/c33-26(31-14-7-8-19(17-31)25-29-21-9-4-5-10-22(21)30-25)18-12-13-20-23(16-18)28-24-11-3-1-2-6-15-32(24)27(20)34/h4-5,9-10,12-13,16,19H,1-3,6-8,11,14-15,17H2,(H,29,30). The molecule has 0 saturated carbocycles. The van der Waals surface area contributed by atoms with Gasteiger partial charge in [0.25, 0.3) is 11.5 Å². The topological polar surface area (TPSA) is 83.9 Å². The summed E-state index contributed by atoms with van der Waals surface area (Å²) in [4.78, 5) is 41.5. The molecule has 1 N–H and O–H groups in total. The molecule has 1 unspecified atom stereocenters. The van der Waals surface area contributed by atoms with E-state index in [2.05, 4.69) is 4.98 Å². The molecular formula is C27H29N5O2. The first-order valence-electron chi connectivity index (χ1n) is 12.4. The first-order chi connectivity index (χ1) is 16.7. The Bertz CT molecular complexity index is 1400. The number of para-hydroxylation sites is 2. The molecule has 4 aromatic rings. The maximum Gasteiger partial charge on any atom is 0.261 e. The molecule has 6 rings (SSSR count). The van der Waals surface area contributed by atoms with Gasteiger partial charge < -0.3 is 9.88 Å². The highest BCUT2D eigenvalue weighted by Crippen LogP contribution is 2.28. The third-order valence-electron chi connectivity index (χ3n) is 7.32. The molecule has 1 fully saturated rings. The molecule has 0 bridgehead atoms. The SMILES string of the molecule is O=C(c1ccc2c(=O)n3c(nc2c1)CCCCCC3)N1CCCC(c2nc3ccccc3[nH]2)C1. The van der Waals surface area contributed by atoms with Gasteiger partial charge in [0.05, 0.1) is 21.9 Å². The van der Waals surface area contributed by atoms with E-state index in [1.54, 1.807) is 12.1 Å². The zero-order chi connectivity index (χ0) is 23.1. The summed E-state index contributed by atoms with van der Waals surface area (Å²) >= 11 is 0. The maximum atomic E-state index is 13.5. The normalized spacial score (nSPS) is 19.1. The van der Waals surface area contributed by atoms with Crippen LogP contribution in [-0.2, 0) is 13.0 Å². The van der Waals surface area contributed by atoms with Crippen molar-refractivity contribution in [3.8, 4) is 0 Å². The molecule has 34 heavy (non-hydrogen) atoms. The Morgan fingerprint density at radius 3 is 2.74 bits per heavy atom. The fraction of sp³-hybridized carbons (Fsp3) is 0.407. The van der Waals surface area contributed by atoms with Crippen LogP contribution in [0, 0.1) is 0 Å². The molecule has 1 amide bonds. The van der Waals surface area contributed by atoms with Gasteiger partial charge in [0.2, 0.25) is 0 Å². The monoisotopic (exact) mass is 455 g/mol. The molecule has 7 heteroatoms. The Hall–Kier alpha value is -3.48. The van der Waals surface area contributed by atoms with Crippen LogP contribution in [0.3, 0.4) is 0 Å².